The zero-order chi connectivity index (χ0) is 14.0. The second-order valence-electron chi connectivity index (χ2n) is 4.17. The van der Waals surface area contributed by atoms with Crippen LogP contribution in [0.2, 0.25) is 0 Å². The van der Waals surface area contributed by atoms with Crippen LogP contribution in [-0.4, -0.2) is 10.8 Å². The molecule has 0 saturated carbocycles. The fourth-order valence-corrected chi connectivity index (χ4v) is 1.66. The first-order valence-electron chi connectivity index (χ1n) is 5.56. The fraction of sp³-hybridized carbons (Fsp3) is 0.143. The molecule has 2 nitrogen and oxygen atoms in total. The zero-order valence-corrected chi connectivity index (χ0v) is 10.1. The third-order valence-corrected chi connectivity index (χ3v) is 2.60. The molecular weight excluding hydrogens is 255 g/mol. The van der Waals surface area contributed by atoms with Crippen LogP contribution in [0.4, 0.5) is 13.2 Å². The lowest BCUT2D eigenvalue weighted by Gasteiger charge is -2.04. The summed E-state index contributed by atoms with van der Waals surface area (Å²) in [6.45, 7) is 1.83. The molecule has 0 N–H and O–H groups in total. The summed E-state index contributed by atoms with van der Waals surface area (Å²) in [6.07, 6.45) is 1.32. The second-order valence-corrected chi connectivity index (χ2v) is 4.17. The largest absolute Gasteiger partial charge is 0.294 e. The fourth-order valence-electron chi connectivity index (χ4n) is 1.66. The molecule has 19 heavy (non-hydrogen) atoms. The lowest BCUT2D eigenvalue weighted by molar-refractivity contribution is 0.0983. The number of aromatic nitrogens is 1. The highest BCUT2D eigenvalue weighted by Crippen LogP contribution is 2.17. The number of pyridine rings is 1. The van der Waals surface area contributed by atoms with Crippen LogP contribution in [0.25, 0.3) is 0 Å². The topological polar surface area (TPSA) is 30.0 Å². The van der Waals surface area contributed by atoms with Crippen LogP contribution in [0.1, 0.15) is 21.6 Å². The van der Waals surface area contributed by atoms with E-state index in [1.54, 1.807) is 18.3 Å². The lowest BCUT2D eigenvalue weighted by atomic mass is 10.0. The average molecular weight is 265 g/mol. The lowest BCUT2D eigenvalue weighted by Crippen LogP contribution is -2.10. The van der Waals surface area contributed by atoms with Crippen LogP contribution in [0.15, 0.2) is 30.5 Å². The summed E-state index contributed by atoms with van der Waals surface area (Å²) in [4.78, 5) is 15.8. The van der Waals surface area contributed by atoms with Crippen molar-refractivity contribution < 1.29 is 18.0 Å². The van der Waals surface area contributed by atoms with Gasteiger partial charge in [-0.25, -0.2) is 13.2 Å². The molecule has 0 atom stereocenters. The molecule has 5 heteroatoms. The SMILES string of the molecule is Cc1ccc(CC(=O)c2c(F)cc(F)cc2F)nc1. The normalized spacial score (nSPS) is 10.5. The highest BCUT2D eigenvalue weighted by atomic mass is 19.1. The minimum Gasteiger partial charge on any atom is -0.294 e. The number of rotatable bonds is 3. The van der Waals surface area contributed by atoms with E-state index in [1.165, 1.54) is 0 Å². The standard InChI is InChI=1S/C14H10F3NO/c1-8-2-3-10(18-7-8)6-13(19)14-11(16)4-9(15)5-12(14)17/h2-5,7H,6H2,1H3. The molecule has 0 amide bonds. The van der Waals surface area contributed by atoms with Crippen molar-refractivity contribution in [2.24, 2.45) is 0 Å². The van der Waals surface area contributed by atoms with E-state index < -0.39 is 28.8 Å². The molecule has 0 unspecified atom stereocenters. The van der Waals surface area contributed by atoms with Gasteiger partial charge in [0, 0.05) is 24.0 Å². The van der Waals surface area contributed by atoms with Crippen molar-refractivity contribution in [3.63, 3.8) is 0 Å². The smallest absolute Gasteiger partial charge is 0.174 e. The number of halogens is 3. The van der Waals surface area contributed by atoms with Gasteiger partial charge in [-0.3, -0.25) is 9.78 Å². The molecule has 0 fully saturated rings. The predicted octanol–water partition coefficient (Wildman–Crippen LogP) is 3.23. The maximum atomic E-state index is 13.4. The summed E-state index contributed by atoms with van der Waals surface area (Å²) in [5, 5.41) is 0. The Hall–Kier alpha value is -2.17. The number of hydrogen-bond donors (Lipinski definition) is 0. The predicted molar refractivity (Wildman–Crippen MR) is 63.3 cm³/mol. The Morgan fingerprint density at radius 2 is 1.79 bits per heavy atom. The highest BCUT2D eigenvalue weighted by Gasteiger charge is 2.19. The van der Waals surface area contributed by atoms with Crippen LogP contribution >= 0.6 is 0 Å². The van der Waals surface area contributed by atoms with Gasteiger partial charge in [0.25, 0.3) is 0 Å². The molecule has 0 aliphatic carbocycles. The van der Waals surface area contributed by atoms with Gasteiger partial charge in [0.2, 0.25) is 0 Å². The molecule has 1 heterocycles. The summed E-state index contributed by atoms with van der Waals surface area (Å²) >= 11 is 0. The van der Waals surface area contributed by atoms with Gasteiger partial charge in [0.1, 0.15) is 17.5 Å². The molecular formula is C14H10F3NO. The van der Waals surface area contributed by atoms with Crippen molar-refractivity contribution >= 4 is 5.78 Å². The van der Waals surface area contributed by atoms with Gasteiger partial charge < -0.3 is 0 Å². The van der Waals surface area contributed by atoms with E-state index in [9.17, 15) is 18.0 Å². The summed E-state index contributed by atoms with van der Waals surface area (Å²) in [7, 11) is 0. The van der Waals surface area contributed by atoms with Gasteiger partial charge in [-0.1, -0.05) is 6.07 Å². The van der Waals surface area contributed by atoms with Crippen LogP contribution < -0.4 is 0 Å². The van der Waals surface area contributed by atoms with E-state index in [0.717, 1.165) is 5.56 Å². The maximum Gasteiger partial charge on any atom is 0.174 e. The average Bonchev–Trinajstić information content (AvgIpc) is 2.30. The monoisotopic (exact) mass is 265 g/mol. The summed E-state index contributed by atoms with van der Waals surface area (Å²) in [5.74, 6) is -4.23. The van der Waals surface area contributed by atoms with Crippen LogP contribution in [-0.2, 0) is 6.42 Å². The number of hydrogen-bond acceptors (Lipinski definition) is 2. The number of Topliss-reactive ketones (excluding diaryl/α,β-unsaturated/α-hetero) is 1. The molecule has 1 aromatic carbocycles. The second kappa shape index (κ2) is 5.22. The van der Waals surface area contributed by atoms with Crippen molar-refractivity contribution in [2.45, 2.75) is 13.3 Å². The van der Waals surface area contributed by atoms with E-state index in [0.29, 0.717) is 17.8 Å². The highest BCUT2D eigenvalue weighted by molar-refractivity contribution is 5.97. The Labute approximate surface area is 107 Å². The molecule has 2 rings (SSSR count). The Morgan fingerprint density at radius 3 is 2.32 bits per heavy atom. The van der Waals surface area contributed by atoms with Crippen molar-refractivity contribution in [3.05, 3.63) is 64.7 Å². The van der Waals surface area contributed by atoms with Crippen LogP contribution in [0.5, 0.6) is 0 Å². The molecule has 0 saturated heterocycles. The van der Waals surface area contributed by atoms with Gasteiger partial charge in [-0.2, -0.15) is 0 Å². The van der Waals surface area contributed by atoms with Gasteiger partial charge in [0.05, 0.1) is 12.0 Å². The Morgan fingerprint density at radius 1 is 1.16 bits per heavy atom. The summed E-state index contributed by atoms with van der Waals surface area (Å²) in [5.41, 5.74) is 0.581. The third-order valence-electron chi connectivity index (χ3n) is 2.60. The minimum absolute atomic E-state index is 0.236. The molecule has 0 aliphatic rings. The molecule has 0 spiro atoms. The number of aryl methyl sites for hydroxylation is 1. The molecule has 2 aromatic rings. The maximum absolute atomic E-state index is 13.4. The summed E-state index contributed by atoms with van der Waals surface area (Å²) in [6, 6.07) is 4.32. The zero-order valence-electron chi connectivity index (χ0n) is 10.1. The number of ketones is 1. The van der Waals surface area contributed by atoms with E-state index >= 15 is 0 Å². The van der Waals surface area contributed by atoms with Gasteiger partial charge in [0.15, 0.2) is 5.78 Å². The van der Waals surface area contributed by atoms with Gasteiger partial charge >= 0.3 is 0 Å². The Kier molecular flexibility index (Phi) is 3.64. The van der Waals surface area contributed by atoms with E-state index in [2.05, 4.69) is 4.98 Å². The third kappa shape index (κ3) is 2.99. The molecule has 1 aromatic heterocycles. The first-order valence-corrected chi connectivity index (χ1v) is 5.56. The van der Waals surface area contributed by atoms with E-state index in [1.807, 2.05) is 6.92 Å². The van der Waals surface area contributed by atoms with Crippen LogP contribution in [0.3, 0.4) is 0 Å². The number of benzene rings is 1. The Balaban J connectivity index is 2.28. The van der Waals surface area contributed by atoms with E-state index in [-0.39, 0.29) is 6.42 Å². The molecule has 0 aliphatic heterocycles. The van der Waals surface area contributed by atoms with Crippen molar-refractivity contribution in [3.8, 4) is 0 Å². The van der Waals surface area contributed by atoms with Gasteiger partial charge in [-0.05, 0) is 18.6 Å². The number of carbonyl (C=O) groups excluding carboxylic acids is 1. The molecule has 0 bridgehead atoms. The first kappa shape index (κ1) is 13.3. The van der Waals surface area contributed by atoms with Crippen molar-refractivity contribution in [2.75, 3.05) is 0 Å². The van der Waals surface area contributed by atoms with E-state index in [4.69, 9.17) is 0 Å². The number of carbonyl (C=O) groups is 1. The van der Waals surface area contributed by atoms with Crippen molar-refractivity contribution in [1.82, 2.24) is 4.98 Å². The summed E-state index contributed by atoms with van der Waals surface area (Å²) < 4.78 is 39.6. The quantitative estimate of drug-likeness (QED) is 0.797. The number of nitrogens with zero attached hydrogens (tertiary/aromatic N) is 1. The molecule has 0 radical (unpaired) electrons. The first-order chi connectivity index (χ1) is 8.97. The van der Waals surface area contributed by atoms with Gasteiger partial charge in [-0.15, -0.1) is 0 Å². The minimum atomic E-state index is -1.20. The van der Waals surface area contributed by atoms with Crippen molar-refractivity contribution in [1.29, 1.82) is 0 Å². The van der Waals surface area contributed by atoms with Crippen LogP contribution in [0, 0.1) is 24.4 Å². The Bertz CT molecular complexity index is 600. The molecule has 98 valence electrons.